The second-order valence-electron chi connectivity index (χ2n) is 6.60. The summed E-state index contributed by atoms with van der Waals surface area (Å²) < 4.78 is 5.35. The molecule has 6 heteroatoms. The third kappa shape index (κ3) is 2.29. The standard InChI is InChI=1S/C18H18N2O4/c1-10-3-6-14-12(7-16(22)24-17(14)11(10)2)8-20-15(21)9-19(18(20)23)13-4-5-13/h3,6-7,13H,4-5,8-9H2,1-2H3. The molecule has 2 fully saturated rings. The summed E-state index contributed by atoms with van der Waals surface area (Å²) >= 11 is 0. The number of aryl methyl sites for hydroxylation is 2. The number of amides is 3. The van der Waals surface area contributed by atoms with Gasteiger partial charge in [0.1, 0.15) is 12.1 Å². The zero-order valence-corrected chi connectivity index (χ0v) is 13.7. The third-order valence-electron chi connectivity index (χ3n) is 4.92. The Hall–Kier alpha value is -2.63. The smallest absolute Gasteiger partial charge is 0.336 e. The Morgan fingerprint density at radius 1 is 1.17 bits per heavy atom. The fourth-order valence-electron chi connectivity index (χ4n) is 3.21. The molecule has 0 spiro atoms. The van der Waals surface area contributed by atoms with Crippen LogP contribution >= 0.6 is 0 Å². The van der Waals surface area contributed by atoms with E-state index in [1.807, 2.05) is 26.0 Å². The van der Waals surface area contributed by atoms with Crippen LogP contribution in [-0.4, -0.2) is 34.3 Å². The Bertz CT molecular complexity index is 926. The van der Waals surface area contributed by atoms with Crippen LogP contribution in [0.4, 0.5) is 4.79 Å². The number of hydrogen-bond acceptors (Lipinski definition) is 4. The molecule has 1 aromatic carbocycles. The summed E-state index contributed by atoms with van der Waals surface area (Å²) in [7, 11) is 0. The molecule has 0 radical (unpaired) electrons. The number of nitrogens with zero attached hydrogens (tertiary/aromatic N) is 2. The molecule has 4 rings (SSSR count). The van der Waals surface area contributed by atoms with Crippen LogP contribution in [0.2, 0.25) is 0 Å². The van der Waals surface area contributed by atoms with Crippen molar-refractivity contribution in [2.75, 3.05) is 6.54 Å². The molecule has 1 aliphatic carbocycles. The number of hydrogen-bond donors (Lipinski definition) is 0. The first kappa shape index (κ1) is 14.9. The molecule has 1 saturated heterocycles. The van der Waals surface area contributed by atoms with E-state index in [1.54, 1.807) is 4.90 Å². The van der Waals surface area contributed by atoms with Gasteiger partial charge < -0.3 is 9.32 Å². The SMILES string of the molecule is Cc1ccc2c(CN3C(=O)CN(C4CC4)C3=O)cc(=O)oc2c1C. The van der Waals surface area contributed by atoms with Crippen LogP contribution in [0.15, 0.2) is 27.4 Å². The molecular formula is C18H18N2O4. The van der Waals surface area contributed by atoms with E-state index in [0.29, 0.717) is 11.1 Å². The van der Waals surface area contributed by atoms with E-state index in [4.69, 9.17) is 4.42 Å². The van der Waals surface area contributed by atoms with Gasteiger partial charge in [-0.2, -0.15) is 0 Å². The summed E-state index contributed by atoms with van der Waals surface area (Å²) in [6, 6.07) is 5.14. The van der Waals surface area contributed by atoms with Gasteiger partial charge >= 0.3 is 11.7 Å². The van der Waals surface area contributed by atoms with E-state index in [2.05, 4.69) is 0 Å². The van der Waals surface area contributed by atoms with Crippen molar-refractivity contribution < 1.29 is 14.0 Å². The minimum absolute atomic E-state index is 0.103. The Morgan fingerprint density at radius 2 is 1.92 bits per heavy atom. The van der Waals surface area contributed by atoms with Crippen LogP contribution in [0, 0.1) is 13.8 Å². The van der Waals surface area contributed by atoms with E-state index < -0.39 is 5.63 Å². The van der Waals surface area contributed by atoms with Gasteiger partial charge in [0.2, 0.25) is 0 Å². The van der Waals surface area contributed by atoms with Gasteiger partial charge in [0.15, 0.2) is 0 Å². The average Bonchev–Trinajstić information content (AvgIpc) is 3.34. The summed E-state index contributed by atoms with van der Waals surface area (Å²) in [6.45, 7) is 4.08. The lowest BCUT2D eigenvalue weighted by Crippen LogP contribution is -2.33. The van der Waals surface area contributed by atoms with E-state index in [0.717, 1.165) is 29.4 Å². The van der Waals surface area contributed by atoms with Crippen molar-refractivity contribution in [3.05, 3.63) is 45.3 Å². The summed E-state index contributed by atoms with van der Waals surface area (Å²) in [6.07, 6.45) is 1.92. The number of carbonyl (C=O) groups is 2. The van der Waals surface area contributed by atoms with E-state index in [1.165, 1.54) is 11.0 Å². The molecule has 1 aromatic heterocycles. The van der Waals surface area contributed by atoms with Crippen molar-refractivity contribution in [1.29, 1.82) is 0 Å². The van der Waals surface area contributed by atoms with Crippen molar-refractivity contribution in [3.63, 3.8) is 0 Å². The number of carbonyl (C=O) groups excluding carboxylic acids is 2. The molecule has 24 heavy (non-hydrogen) atoms. The fraction of sp³-hybridized carbons (Fsp3) is 0.389. The van der Waals surface area contributed by atoms with Crippen molar-refractivity contribution in [3.8, 4) is 0 Å². The average molecular weight is 326 g/mol. The molecule has 3 amide bonds. The quantitative estimate of drug-likeness (QED) is 0.641. The maximum atomic E-state index is 12.5. The van der Waals surface area contributed by atoms with E-state index >= 15 is 0 Å². The van der Waals surface area contributed by atoms with Crippen LogP contribution in [0.3, 0.4) is 0 Å². The Kier molecular flexibility index (Phi) is 3.23. The van der Waals surface area contributed by atoms with Gasteiger partial charge in [-0.25, -0.2) is 9.59 Å². The highest BCUT2D eigenvalue weighted by molar-refractivity contribution is 6.02. The molecule has 0 atom stereocenters. The van der Waals surface area contributed by atoms with Crippen LogP contribution in [0.1, 0.15) is 29.5 Å². The summed E-state index contributed by atoms with van der Waals surface area (Å²) in [4.78, 5) is 39.5. The number of urea groups is 1. The summed E-state index contributed by atoms with van der Waals surface area (Å²) in [5.74, 6) is -0.211. The highest BCUT2D eigenvalue weighted by Gasteiger charge is 2.43. The van der Waals surface area contributed by atoms with Gasteiger partial charge in [0.25, 0.3) is 5.91 Å². The number of rotatable bonds is 3. The maximum Gasteiger partial charge on any atom is 0.336 e. The monoisotopic (exact) mass is 326 g/mol. The third-order valence-corrected chi connectivity index (χ3v) is 4.92. The molecule has 1 aliphatic heterocycles. The lowest BCUT2D eigenvalue weighted by atomic mass is 10.0. The Balaban J connectivity index is 1.74. The molecule has 6 nitrogen and oxygen atoms in total. The minimum Gasteiger partial charge on any atom is -0.422 e. The van der Waals surface area contributed by atoms with Crippen molar-refractivity contribution in [1.82, 2.24) is 9.80 Å². The summed E-state index contributed by atoms with van der Waals surface area (Å²) in [5, 5.41) is 0.767. The normalized spacial score (nSPS) is 18.1. The van der Waals surface area contributed by atoms with Crippen LogP contribution in [-0.2, 0) is 11.3 Å². The molecular weight excluding hydrogens is 308 g/mol. The zero-order valence-electron chi connectivity index (χ0n) is 13.7. The van der Waals surface area contributed by atoms with Gasteiger partial charge in [-0.05, 0) is 43.4 Å². The number of benzene rings is 1. The van der Waals surface area contributed by atoms with Crippen molar-refractivity contribution in [2.45, 2.75) is 39.3 Å². The molecule has 2 aliphatic rings. The van der Waals surface area contributed by atoms with E-state index in [9.17, 15) is 14.4 Å². The first-order valence-electron chi connectivity index (χ1n) is 8.09. The molecule has 0 bridgehead atoms. The van der Waals surface area contributed by atoms with E-state index in [-0.39, 0.29) is 31.1 Å². The predicted molar refractivity (Wildman–Crippen MR) is 87.6 cm³/mol. The highest BCUT2D eigenvalue weighted by Crippen LogP contribution is 2.31. The molecule has 0 N–H and O–H groups in total. The molecule has 1 saturated carbocycles. The van der Waals surface area contributed by atoms with Crippen LogP contribution < -0.4 is 5.63 Å². The van der Waals surface area contributed by atoms with Crippen LogP contribution in [0.25, 0.3) is 11.0 Å². The Labute approximate surface area is 138 Å². The first-order valence-corrected chi connectivity index (χ1v) is 8.09. The zero-order chi connectivity index (χ0) is 17.0. The molecule has 124 valence electrons. The fourth-order valence-corrected chi connectivity index (χ4v) is 3.21. The van der Waals surface area contributed by atoms with Gasteiger partial charge in [0, 0.05) is 17.5 Å². The number of fused-ring (bicyclic) bond motifs is 1. The van der Waals surface area contributed by atoms with Crippen molar-refractivity contribution in [2.24, 2.45) is 0 Å². The second-order valence-corrected chi connectivity index (χ2v) is 6.60. The highest BCUT2D eigenvalue weighted by atomic mass is 16.4. The lowest BCUT2D eigenvalue weighted by Gasteiger charge is -2.17. The lowest BCUT2D eigenvalue weighted by molar-refractivity contribution is -0.125. The first-order chi connectivity index (χ1) is 11.5. The predicted octanol–water partition coefficient (Wildman–Crippen LogP) is 2.34. The Morgan fingerprint density at radius 3 is 2.62 bits per heavy atom. The molecule has 0 unspecified atom stereocenters. The second kappa shape index (κ2) is 5.19. The van der Waals surface area contributed by atoms with Gasteiger partial charge in [0.05, 0.1) is 6.54 Å². The summed E-state index contributed by atoms with van der Waals surface area (Å²) in [5.41, 5.74) is 2.62. The van der Waals surface area contributed by atoms with Gasteiger partial charge in [-0.1, -0.05) is 12.1 Å². The maximum absolute atomic E-state index is 12.5. The number of imide groups is 1. The molecule has 2 aromatic rings. The van der Waals surface area contributed by atoms with Crippen molar-refractivity contribution >= 4 is 22.9 Å². The van der Waals surface area contributed by atoms with Crippen LogP contribution in [0.5, 0.6) is 0 Å². The van der Waals surface area contributed by atoms with Gasteiger partial charge in [-0.15, -0.1) is 0 Å². The largest absolute Gasteiger partial charge is 0.422 e. The van der Waals surface area contributed by atoms with Gasteiger partial charge in [-0.3, -0.25) is 9.69 Å². The molecule has 2 heterocycles. The topological polar surface area (TPSA) is 70.8 Å². The minimum atomic E-state index is -0.468.